The second kappa shape index (κ2) is 11.1. The van der Waals surface area contributed by atoms with E-state index in [1.807, 2.05) is 33.8 Å². The van der Waals surface area contributed by atoms with E-state index in [-0.39, 0.29) is 30.0 Å². The Bertz CT molecular complexity index is 806. The fourth-order valence-electron chi connectivity index (χ4n) is 3.29. The first kappa shape index (κ1) is 28.2. The quantitative estimate of drug-likeness (QED) is 0.209. The van der Waals surface area contributed by atoms with Crippen LogP contribution < -0.4 is 0 Å². The van der Waals surface area contributed by atoms with Gasteiger partial charge in [-0.1, -0.05) is 39.0 Å². The summed E-state index contributed by atoms with van der Waals surface area (Å²) in [6.45, 7) is 18.0. The molecule has 1 aliphatic heterocycles. The van der Waals surface area contributed by atoms with Gasteiger partial charge in [-0.25, -0.2) is 4.79 Å². The topological polar surface area (TPSA) is 80.3 Å². The summed E-state index contributed by atoms with van der Waals surface area (Å²) in [5, 5.41) is -0.0249. The molecule has 188 valence electrons. The molecule has 9 heteroatoms. The van der Waals surface area contributed by atoms with E-state index in [2.05, 4.69) is 33.9 Å². The monoisotopic (exact) mass is 500 g/mol. The number of benzene rings is 1. The smallest absolute Gasteiger partial charge is 0.359 e. The van der Waals surface area contributed by atoms with Gasteiger partial charge >= 0.3 is 13.6 Å². The molecule has 0 unspecified atom stereocenters. The lowest BCUT2D eigenvalue weighted by Gasteiger charge is -2.39. The third-order valence-corrected chi connectivity index (χ3v) is 12.9. The Morgan fingerprint density at radius 3 is 2.12 bits per heavy atom. The van der Waals surface area contributed by atoms with Gasteiger partial charge in [0.05, 0.1) is 23.9 Å². The third-order valence-electron chi connectivity index (χ3n) is 5.89. The average Bonchev–Trinajstić information content (AvgIpc) is 3.07. The van der Waals surface area contributed by atoms with E-state index in [1.165, 1.54) is 0 Å². The van der Waals surface area contributed by atoms with E-state index in [9.17, 15) is 9.36 Å². The van der Waals surface area contributed by atoms with Crippen molar-refractivity contribution in [3.63, 3.8) is 0 Å². The van der Waals surface area contributed by atoms with Crippen molar-refractivity contribution in [1.29, 1.82) is 0 Å². The summed E-state index contributed by atoms with van der Waals surface area (Å²) in [4.78, 5) is 12.5. The summed E-state index contributed by atoms with van der Waals surface area (Å²) >= 11 is 0. The molecule has 1 aromatic carbocycles. The van der Waals surface area contributed by atoms with Crippen LogP contribution in [0.5, 0.6) is 0 Å². The first-order chi connectivity index (χ1) is 15.1. The van der Waals surface area contributed by atoms with Gasteiger partial charge in [-0.2, -0.15) is 0 Å². The molecule has 0 saturated carbocycles. The maximum atomic E-state index is 13.7. The molecule has 1 aromatic rings. The van der Waals surface area contributed by atoms with Crippen LogP contribution in [0, 0.1) is 0 Å². The van der Waals surface area contributed by atoms with Crippen molar-refractivity contribution in [2.45, 2.75) is 103 Å². The van der Waals surface area contributed by atoms with Crippen molar-refractivity contribution in [3.8, 4) is 0 Å². The second-order valence-electron chi connectivity index (χ2n) is 10.6. The molecular formula is C24H41O7PSi. The second-order valence-corrected chi connectivity index (χ2v) is 17.4. The molecule has 33 heavy (non-hydrogen) atoms. The van der Waals surface area contributed by atoms with Gasteiger partial charge in [-0.05, 0) is 58.0 Å². The van der Waals surface area contributed by atoms with E-state index < -0.39 is 33.8 Å². The number of esters is 1. The summed E-state index contributed by atoms with van der Waals surface area (Å²) in [7, 11) is -5.77. The van der Waals surface area contributed by atoms with Crippen LogP contribution >= 0.6 is 7.60 Å². The lowest BCUT2D eigenvalue weighted by molar-refractivity contribution is -0.0242. The maximum absolute atomic E-state index is 13.7. The Balaban J connectivity index is 2.25. The van der Waals surface area contributed by atoms with Crippen LogP contribution in [0.3, 0.4) is 0 Å². The molecule has 0 aromatic heterocycles. The Labute approximate surface area is 200 Å². The summed E-state index contributed by atoms with van der Waals surface area (Å²) in [6, 6.07) is 8.80. The normalized spacial score (nSPS) is 22.2. The summed E-state index contributed by atoms with van der Waals surface area (Å²) < 4.78 is 43.7. The minimum atomic E-state index is -3.59. The molecule has 3 atom stereocenters. The average molecular weight is 501 g/mol. The molecule has 1 fully saturated rings. The molecule has 0 amide bonds. The molecule has 1 heterocycles. The van der Waals surface area contributed by atoms with Gasteiger partial charge in [0.2, 0.25) is 0 Å². The number of ether oxygens (including phenoxy) is 2. The Morgan fingerprint density at radius 2 is 1.64 bits per heavy atom. The third kappa shape index (κ3) is 7.74. The van der Waals surface area contributed by atoms with Crippen molar-refractivity contribution in [1.82, 2.24) is 0 Å². The molecule has 0 bridgehead atoms. The fraction of sp³-hybridized carbons (Fsp3) is 0.708. The predicted molar refractivity (Wildman–Crippen MR) is 132 cm³/mol. The van der Waals surface area contributed by atoms with Crippen LogP contribution in [-0.4, -0.2) is 51.2 Å². The van der Waals surface area contributed by atoms with E-state index in [1.54, 1.807) is 24.3 Å². The van der Waals surface area contributed by atoms with Crippen molar-refractivity contribution >= 4 is 21.9 Å². The van der Waals surface area contributed by atoms with Crippen LogP contribution in [0.15, 0.2) is 30.3 Å². The zero-order chi connectivity index (χ0) is 25.0. The van der Waals surface area contributed by atoms with Gasteiger partial charge in [0, 0.05) is 6.42 Å². The van der Waals surface area contributed by atoms with Gasteiger partial charge in [0.25, 0.3) is 0 Å². The summed E-state index contributed by atoms with van der Waals surface area (Å²) in [5.41, 5.74) is 0.464. The van der Waals surface area contributed by atoms with Gasteiger partial charge in [-0.3, -0.25) is 4.57 Å². The van der Waals surface area contributed by atoms with Crippen LogP contribution in [0.2, 0.25) is 18.1 Å². The molecular weight excluding hydrogens is 459 g/mol. The molecule has 1 saturated heterocycles. The minimum Gasteiger partial charge on any atom is -0.459 e. The Hall–Kier alpha value is -1.02. The minimum absolute atomic E-state index is 0.00707. The molecule has 0 spiro atoms. The van der Waals surface area contributed by atoms with Gasteiger partial charge < -0.3 is 22.9 Å². The van der Waals surface area contributed by atoms with Crippen LogP contribution in [0.4, 0.5) is 0 Å². The molecule has 1 aliphatic rings. The SMILES string of the molecule is CC(C)OP(=O)(OC(C)C)[C@@H]1C[C@H](O[Si](C)(C)C(C)(C)C)[C@@H](COC(=O)c2ccccc2)O1. The molecule has 0 radical (unpaired) electrons. The number of rotatable bonds is 10. The molecule has 2 rings (SSSR count). The molecule has 0 aliphatic carbocycles. The number of carbonyl (C=O) groups excluding carboxylic acids is 1. The van der Waals surface area contributed by atoms with Gasteiger partial charge in [-0.15, -0.1) is 0 Å². The lowest BCUT2D eigenvalue weighted by Crippen LogP contribution is -2.46. The number of hydrogen-bond donors (Lipinski definition) is 0. The molecule has 7 nitrogen and oxygen atoms in total. The van der Waals surface area contributed by atoms with E-state index >= 15 is 0 Å². The first-order valence-electron chi connectivity index (χ1n) is 11.7. The first-order valence-corrected chi connectivity index (χ1v) is 16.2. The summed E-state index contributed by atoms with van der Waals surface area (Å²) in [6.07, 6.45) is -1.21. The van der Waals surface area contributed by atoms with Crippen LogP contribution in [0.25, 0.3) is 0 Å². The van der Waals surface area contributed by atoms with Crippen molar-refractivity contribution < 1.29 is 32.3 Å². The number of hydrogen-bond acceptors (Lipinski definition) is 7. The fourth-order valence-corrected chi connectivity index (χ4v) is 6.92. The Morgan fingerprint density at radius 1 is 1.09 bits per heavy atom. The zero-order valence-corrected chi connectivity index (χ0v) is 23.4. The highest BCUT2D eigenvalue weighted by molar-refractivity contribution is 7.54. The standard InChI is InChI=1S/C24H41O7PSi/c1-17(2)29-32(26,30-18(3)4)22-15-20(31-33(8,9)24(5,6)7)21(28-22)16-27-23(25)19-13-11-10-12-14-19/h10-14,17-18,20-22H,15-16H2,1-9H3/t20-,21+,22+/m0/s1. The largest absolute Gasteiger partial charge is 0.459 e. The lowest BCUT2D eigenvalue weighted by atomic mass is 10.2. The van der Waals surface area contributed by atoms with Gasteiger partial charge in [0.15, 0.2) is 14.2 Å². The highest BCUT2D eigenvalue weighted by Gasteiger charge is 2.51. The maximum Gasteiger partial charge on any atom is 0.359 e. The van der Waals surface area contributed by atoms with E-state index in [4.69, 9.17) is 22.9 Å². The van der Waals surface area contributed by atoms with Crippen molar-refractivity contribution in [3.05, 3.63) is 35.9 Å². The predicted octanol–water partition coefficient (Wildman–Crippen LogP) is 6.39. The summed E-state index contributed by atoms with van der Waals surface area (Å²) in [5.74, 6) is -1.23. The zero-order valence-electron chi connectivity index (χ0n) is 21.5. The van der Waals surface area contributed by atoms with Gasteiger partial charge in [0.1, 0.15) is 12.7 Å². The van der Waals surface area contributed by atoms with Crippen LogP contribution in [0.1, 0.15) is 65.2 Å². The van der Waals surface area contributed by atoms with Crippen molar-refractivity contribution in [2.75, 3.05) is 6.61 Å². The highest BCUT2D eigenvalue weighted by atomic mass is 31.2. The van der Waals surface area contributed by atoms with Crippen LogP contribution in [-0.2, 0) is 27.5 Å². The highest BCUT2D eigenvalue weighted by Crippen LogP contribution is 2.59. The molecule has 0 N–H and O–H groups in total. The van der Waals surface area contributed by atoms with E-state index in [0.29, 0.717) is 12.0 Å². The van der Waals surface area contributed by atoms with E-state index in [0.717, 1.165) is 0 Å². The Kier molecular flexibility index (Phi) is 9.53. The van der Waals surface area contributed by atoms with Crippen molar-refractivity contribution in [2.24, 2.45) is 0 Å². The number of carbonyl (C=O) groups is 1.